The first kappa shape index (κ1) is 26.1. The molecule has 0 aliphatic carbocycles. The molecule has 2 unspecified atom stereocenters. The van der Waals surface area contributed by atoms with E-state index in [1.54, 1.807) is 26.2 Å². The number of hydrogen-bond acceptors (Lipinski definition) is 6. The summed E-state index contributed by atoms with van der Waals surface area (Å²) in [6, 6.07) is 6.10. The number of rotatable bonds is 6. The van der Waals surface area contributed by atoms with Crippen LogP contribution in [0, 0.1) is 17.5 Å². The van der Waals surface area contributed by atoms with Crippen LogP contribution in [0.1, 0.15) is 53.3 Å². The normalized spacial score (nSPS) is 16.0. The van der Waals surface area contributed by atoms with Crippen LogP contribution in [0.3, 0.4) is 0 Å². The number of carbonyl (C=O) groups is 1. The third kappa shape index (κ3) is 5.01. The van der Waals surface area contributed by atoms with Crippen LogP contribution < -0.4 is 5.56 Å². The van der Waals surface area contributed by atoms with E-state index in [4.69, 9.17) is 0 Å². The summed E-state index contributed by atoms with van der Waals surface area (Å²) < 4.78 is 44.6. The van der Waals surface area contributed by atoms with Crippen molar-refractivity contribution in [2.24, 2.45) is 7.05 Å². The van der Waals surface area contributed by atoms with Gasteiger partial charge >= 0.3 is 0 Å². The molecule has 0 radical (unpaired) electrons. The van der Waals surface area contributed by atoms with Crippen LogP contribution in [0.2, 0.25) is 0 Å². The molecule has 1 saturated heterocycles. The average molecular weight is 539 g/mol. The molecule has 0 spiro atoms. The minimum Gasteiger partial charge on any atom is -0.493 e. The lowest BCUT2D eigenvalue weighted by atomic mass is 10.0. The maximum absolute atomic E-state index is 14.2. The smallest absolute Gasteiger partial charge is 0.271 e. The molecule has 1 fully saturated rings. The predicted molar refractivity (Wildman–Crippen MR) is 135 cm³/mol. The van der Waals surface area contributed by atoms with Crippen LogP contribution in [0.4, 0.5) is 13.2 Å². The van der Waals surface area contributed by atoms with Gasteiger partial charge in [0.15, 0.2) is 11.4 Å². The van der Waals surface area contributed by atoms with Crippen molar-refractivity contribution in [3.8, 4) is 17.4 Å². The van der Waals surface area contributed by atoms with E-state index in [9.17, 15) is 27.9 Å². The molecule has 1 aromatic carbocycles. The minimum absolute atomic E-state index is 0.0607. The van der Waals surface area contributed by atoms with Crippen molar-refractivity contribution in [3.63, 3.8) is 0 Å². The second kappa shape index (κ2) is 10.4. The molecular formula is C27H25F3N6O3. The van der Waals surface area contributed by atoms with Gasteiger partial charge in [-0.05, 0) is 48.7 Å². The number of benzene rings is 1. The van der Waals surface area contributed by atoms with Crippen molar-refractivity contribution in [2.75, 3.05) is 13.1 Å². The van der Waals surface area contributed by atoms with Crippen molar-refractivity contribution in [1.29, 1.82) is 0 Å². The van der Waals surface area contributed by atoms with Crippen LogP contribution in [-0.2, 0) is 7.05 Å². The first-order chi connectivity index (χ1) is 18.7. The lowest BCUT2D eigenvalue weighted by Gasteiger charge is -2.24. The van der Waals surface area contributed by atoms with Crippen molar-refractivity contribution < 1.29 is 23.1 Å². The number of aryl methyl sites for hydroxylation is 1. The van der Waals surface area contributed by atoms with E-state index in [0.29, 0.717) is 12.1 Å². The van der Waals surface area contributed by atoms with Gasteiger partial charge in [0.1, 0.15) is 23.1 Å². The lowest BCUT2D eigenvalue weighted by Crippen LogP contribution is -2.38. The Morgan fingerprint density at radius 2 is 1.87 bits per heavy atom. The summed E-state index contributed by atoms with van der Waals surface area (Å²) in [4.78, 5) is 37.3. The summed E-state index contributed by atoms with van der Waals surface area (Å²) in [7, 11) is 1.65. The number of likely N-dealkylation sites (tertiary alicyclic amines) is 1. The van der Waals surface area contributed by atoms with Gasteiger partial charge in [-0.2, -0.15) is 10.1 Å². The van der Waals surface area contributed by atoms with E-state index in [-0.39, 0.29) is 42.5 Å². The zero-order valence-electron chi connectivity index (χ0n) is 21.2. The Balaban J connectivity index is 1.61. The van der Waals surface area contributed by atoms with Crippen molar-refractivity contribution in [2.45, 2.75) is 31.7 Å². The molecule has 39 heavy (non-hydrogen) atoms. The topological polar surface area (TPSA) is 106 Å². The van der Waals surface area contributed by atoms with Crippen LogP contribution in [0.25, 0.3) is 11.5 Å². The molecule has 1 aliphatic rings. The van der Waals surface area contributed by atoms with Gasteiger partial charge in [-0.3, -0.25) is 23.8 Å². The summed E-state index contributed by atoms with van der Waals surface area (Å²) in [5.41, 5.74) is -0.596. The first-order valence-electron chi connectivity index (χ1n) is 12.4. The molecule has 12 heteroatoms. The van der Waals surface area contributed by atoms with E-state index in [1.807, 2.05) is 0 Å². The van der Waals surface area contributed by atoms with Crippen LogP contribution in [-0.4, -0.2) is 53.3 Å². The third-order valence-electron chi connectivity index (χ3n) is 6.86. The van der Waals surface area contributed by atoms with Crippen LogP contribution >= 0.6 is 0 Å². The maximum Gasteiger partial charge on any atom is 0.271 e. The molecule has 1 aliphatic heterocycles. The Morgan fingerprint density at radius 3 is 2.51 bits per heavy atom. The van der Waals surface area contributed by atoms with Gasteiger partial charge in [-0.15, -0.1) is 0 Å². The van der Waals surface area contributed by atoms with Gasteiger partial charge in [0.05, 0.1) is 6.04 Å². The quantitative estimate of drug-likeness (QED) is 0.401. The molecule has 0 bridgehead atoms. The molecular weight excluding hydrogens is 513 g/mol. The van der Waals surface area contributed by atoms with E-state index >= 15 is 0 Å². The van der Waals surface area contributed by atoms with Gasteiger partial charge in [-0.25, -0.2) is 13.2 Å². The van der Waals surface area contributed by atoms with E-state index in [2.05, 4.69) is 15.1 Å². The van der Waals surface area contributed by atoms with Gasteiger partial charge < -0.3 is 10.0 Å². The Hall–Kier alpha value is -4.48. The standard InChI is InChI=1S/C27H25F3N6O3/c1-3-22(16-10-18(29)12-19(30)11-16)36-24(20-6-8-34(2)33-20)32-25(37)23(27(36)39)26(38)35-9-5-15(14-35)21-13-17(28)4-7-31-21/h4,6-8,10-13,15,22,37H,3,5,9,14H2,1-2H3. The molecule has 3 aromatic heterocycles. The number of hydrogen-bond donors (Lipinski definition) is 1. The monoisotopic (exact) mass is 538 g/mol. The van der Waals surface area contributed by atoms with Crippen molar-refractivity contribution >= 4 is 5.91 Å². The van der Waals surface area contributed by atoms with Crippen LogP contribution in [0.15, 0.2) is 53.6 Å². The highest BCUT2D eigenvalue weighted by Crippen LogP contribution is 2.31. The predicted octanol–water partition coefficient (Wildman–Crippen LogP) is 3.79. The molecule has 5 rings (SSSR count). The van der Waals surface area contributed by atoms with Gasteiger partial charge in [0, 0.05) is 50.2 Å². The van der Waals surface area contributed by atoms with Crippen LogP contribution in [0.5, 0.6) is 5.88 Å². The number of halogens is 3. The summed E-state index contributed by atoms with van der Waals surface area (Å²) >= 11 is 0. The second-order valence-electron chi connectivity index (χ2n) is 9.45. The fourth-order valence-corrected chi connectivity index (χ4v) is 5.04. The third-order valence-corrected chi connectivity index (χ3v) is 6.86. The highest BCUT2D eigenvalue weighted by atomic mass is 19.1. The average Bonchev–Trinajstić information content (AvgIpc) is 3.55. The van der Waals surface area contributed by atoms with E-state index < -0.39 is 46.4 Å². The Morgan fingerprint density at radius 1 is 1.13 bits per heavy atom. The molecule has 0 saturated carbocycles. The molecule has 202 valence electrons. The largest absolute Gasteiger partial charge is 0.493 e. The first-order valence-corrected chi connectivity index (χ1v) is 12.4. The van der Waals surface area contributed by atoms with E-state index in [1.165, 1.54) is 27.9 Å². The number of carbonyl (C=O) groups excluding carboxylic acids is 1. The number of aromatic hydroxyl groups is 1. The fourth-order valence-electron chi connectivity index (χ4n) is 5.04. The highest BCUT2D eigenvalue weighted by molar-refractivity contribution is 5.96. The Kier molecular flexibility index (Phi) is 6.94. The zero-order valence-corrected chi connectivity index (χ0v) is 21.2. The summed E-state index contributed by atoms with van der Waals surface area (Å²) in [5.74, 6) is -3.96. The molecule has 1 amide bonds. The fraction of sp³-hybridized carbons (Fsp3) is 0.296. The van der Waals surface area contributed by atoms with Gasteiger partial charge in [0.2, 0.25) is 5.88 Å². The Labute approximate surface area is 221 Å². The number of nitrogens with zero attached hydrogens (tertiary/aromatic N) is 6. The summed E-state index contributed by atoms with van der Waals surface area (Å²) in [5, 5.41) is 15.1. The van der Waals surface area contributed by atoms with Gasteiger partial charge in [-0.1, -0.05) is 6.92 Å². The number of pyridine rings is 1. The molecule has 4 heterocycles. The molecule has 9 nitrogen and oxygen atoms in total. The lowest BCUT2D eigenvalue weighted by molar-refractivity contribution is 0.0784. The molecule has 4 aromatic rings. The minimum atomic E-state index is -0.929. The molecule has 1 N–H and O–H groups in total. The SMILES string of the molecule is CCC(c1cc(F)cc(F)c1)n1c(-c2ccn(C)n2)nc(O)c(C(=O)N2CCC(c3cc(F)ccn3)C2)c1=O. The molecule has 2 atom stereocenters. The highest BCUT2D eigenvalue weighted by Gasteiger charge is 2.34. The van der Waals surface area contributed by atoms with Gasteiger partial charge in [0.25, 0.3) is 11.5 Å². The van der Waals surface area contributed by atoms with E-state index in [0.717, 1.165) is 22.8 Å². The maximum atomic E-state index is 14.2. The summed E-state index contributed by atoms with van der Waals surface area (Å²) in [6.07, 6.45) is 3.64. The van der Waals surface area contributed by atoms with Crippen molar-refractivity contribution in [1.82, 2.24) is 29.2 Å². The second-order valence-corrected chi connectivity index (χ2v) is 9.45. The zero-order chi connectivity index (χ0) is 27.8. The number of amides is 1. The number of aromatic nitrogens is 5. The Bertz CT molecular complexity index is 1600. The summed E-state index contributed by atoms with van der Waals surface area (Å²) in [6.45, 7) is 2.12. The van der Waals surface area contributed by atoms with Crippen molar-refractivity contribution in [3.05, 3.63) is 93.4 Å².